The molecule has 0 aliphatic carbocycles. The maximum Gasteiger partial charge on any atom is 0.246 e. The fraction of sp³-hybridized carbons (Fsp3) is 0.385. The van der Waals surface area contributed by atoms with Gasteiger partial charge in [-0.2, -0.15) is 0 Å². The third kappa shape index (κ3) is 3.39. The summed E-state index contributed by atoms with van der Waals surface area (Å²) in [6.45, 7) is 4.51. The third-order valence-electron chi connectivity index (χ3n) is 2.78. The molecule has 0 spiro atoms. The fourth-order valence-electron chi connectivity index (χ4n) is 1.88. The first kappa shape index (κ1) is 11.8. The molecular weight excluding hydrogens is 214 g/mol. The Labute approximate surface area is 101 Å². The van der Waals surface area contributed by atoms with Gasteiger partial charge in [0.1, 0.15) is 0 Å². The van der Waals surface area contributed by atoms with Crippen LogP contribution in [0.4, 0.5) is 0 Å². The summed E-state index contributed by atoms with van der Waals surface area (Å²) in [5.74, 6) is 0.0715. The van der Waals surface area contributed by atoms with Gasteiger partial charge in [0.05, 0.1) is 0 Å². The number of nitrogens with zero attached hydrogens (tertiary/aromatic N) is 2. The van der Waals surface area contributed by atoms with Gasteiger partial charge >= 0.3 is 0 Å². The lowest BCUT2D eigenvalue weighted by atomic mass is 10.2. The lowest BCUT2D eigenvalue weighted by Gasteiger charge is -2.31. The normalized spacial score (nSPS) is 20.8. The van der Waals surface area contributed by atoms with Crippen molar-refractivity contribution in [2.45, 2.75) is 13.0 Å². The largest absolute Gasteiger partial charge is 0.336 e. The van der Waals surface area contributed by atoms with E-state index in [0.29, 0.717) is 6.04 Å². The standard InChI is InChI=1S/C13H17N3O/c1-11-10-16(8-7-15-11)13(17)5-4-12-3-2-6-14-9-12/h2-6,9,11,15H,7-8,10H2,1H3. The number of hydrogen-bond acceptors (Lipinski definition) is 3. The Morgan fingerprint density at radius 2 is 2.53 bits per heavy atom. The summed E-state index contributed by atoms with van der Waals surface area (Å²) in [6, 6.07) is 4.16. The molecule has 0 aromatic carbocycles. The van der Waals surface area contributed by atoms with Crippen LogP contribution in [0.25, 0.3) is 6.08 Å². The van der Waals surface area contributed by atoms with Crippen LogP contribution in [0.15, 0.2) is 30.6 Å². The molecule has 2 rings (SSSR count). The topological polar surface area (TPSA) is 45.2 Å². The smallest absolute Gasteiger partial charge is 0.246 e. The van der Waals surface area contributed by atoms with Crippen LogP contribution in [-0.2, 0) is 4.79 Å². The predicted molar refractivity (Wildman–Crippen MR) is 67.3 cm³/mol. The predicted octanol–water partition coefficient (Wildman–Crippen LogP) is 0.915. The molecule has 1 fully saturated rings. The Hall–Kier alpha value is -1.68. The van der Waals surface area contributed by atoms with Gasteiger partial charge < -0.3 is 10.2 Å². The molecule has 0 saturated carbocycles. The highest BCUT2D eigenvalue weighted by atomic mass is 16.2. The Balaban J connectivity index is 1.94. The molecule has 4 heteroatoms. The maximum atomic E-state index is 11.9. The van der Waals surface area contributed by atoms with Crippen LogP contribution in [-0.4, -0.2) is 41.5 Å². The van der Waals surface area contributed by atoms with Gasteiger partial charge in [-0.15, -0.1) is 0 Å². The molecule has 0 radical (unpaired) electrons. The number of piperazine rings is 1. The molecule has 90 valence electrons. The number of amides is 1. The van der Waals surface area contributed by atoms with Crippen LogP contribution in [0.3, 0.4) is 0 Å². The van der Waals surface area contributed by atoms with E-state index in [1.807, 2.05) is 23.1 Å². The Morgan fingerprint density at radius 1 is 1.65 bits per heavy atom. The number of aromatic nitrogens is 1. The number of carbonyl (C=O) groups excluding carboxylic acids is 1. The van der Waals surface area contributed by atoms with Crippen LogP contribution >= 0.6 is 0 Å². The Morgan fingerprint density at radius 3 is 3.24 bits per heavy atom. The van der Waals surface area contributed by atoms with E-state index in [9.17, 15) is 4.79 Å². The summed E-state index contributed by atoms with van der Waals surface area (Å²) in [6.07, 6.45) is 6.89. The summed E-state index contributed by atoms with van der Waals surface area (Å²) in [7, 11) is 0. The summed E-state index contributed by atoms with van der Waals surface area (Å²) in [4.78, 5) is 17.8. The fourth-order valence-corrected chi connectivity index (χ4v) is 1.88. The molecule has 1 atom stereocenters. The molecule has 1 aromatic rings. The number of pyridine rings is 1. The molecule has 0 bridgehead atoms. The molecule has 2 heterocycles. The van der Waals surface area contributed by atoms with Crippen LogP contribution in [0, 0.1) is 0 Å². The van der Waals surface area contributed by atoms with Gasteiger partial charge in [-0.25, -0.2) is 0 Å². The summed E-state index contributed by atoms with van der Waals surface area (Å²) < 4.78 is 0. The zero-order chi connectivity index (χ0) is 12.1. The zero-order valence-corrected chi connectivity index (χ0v) is 9.97. The second-order valence-electron chi connectivity index (χ2n) is 4.26. The lowest BCUT2D eigenvalue weighted by molar-refractivity contribution is -0.127. The second kappa shape index (κ2) is 5.59. The Bertz CT molecular complexity index is 402. The first-order valence-electron chi connectivity index (χ1n) is 5.86. The van der Waals surface area contributed by atoms with E-state index in [-0.39, 0.29) is 5.91 Å². The van der Waals surface area contributed by atoms with E-state index in [0.717, 1.165) is 25.2 Å². The molecule has 1 unspecified atom stereocenters. The van der Waals surface area contributed by atoms with Crippen molar-refractivity contribution in [1.82, 2.24) is 15.2 Å². The highest BCUT2D eigenvalue weighted by Crippen LogP contribution is 2.03. The maximum absolute atomic E-state index is 11.9. The molecule has 1 saturated heterocycles. The van der Waals surface area contributed by atoms with Crippen molar-refractivity contribution in [1.29, 1.82) is 0 Å². The van der Waals surface area contributed by atoms with E-state index in [4.69, 9.17) is 0 Å². The van der Waals surface area contributed by atoms with Crippen LogP contribution in [0.5, 0.6) is 0 Å². The van der Waals surface area contributed by atoms with E-state index in [2.05, 4.69) is 17.2 Å². The van der Waals surface area contributed by atoms with Gasteiger partial charge in [0, 0.05) is 44.1 Å². The van der Waals surface area contributed by atoms with Gasteiger partial charge in [-0.05, 0) is 24.6 Å². The number of rotatable bonds is 2. The average Bonchev–Trinajstić information content (AvgIpc) is 2.37. The molecule has 4 nitrogen and oxygen atoms in total. The average molecular weight is 231 g/mol. The molecule has 1 aliphatic heterocycles. The van der Waals surface area contributed by atoms with Crippen molar-refractivity contribution in [2.24, 2.45) is 0 Å². The van der Waals surface area contributed by atoms with Crippen LogP contribution in [0.2, 0.25) is 0 Å². The molecule has 1 amide bonds. The number of hydrogen-bond donors (Lipinski definition) is 1. The van der Waals surface area contributed by atoms with Crippen LogP contribution < -0.4 is 5.32 Å². The van der Waals surface area contributed by atoms with E-state index >= 15 is 0 Å². The van der Waals surface area contributed by atoms with E-state index in [1.165, 1.54) is 0 Å². The zero-order valence-electron chi connectivity index (χ0n) is 9.97. The number of nitrogens with one attached hydrogen (secondary N) is 1. The molecular formula is C13H17N3O. The van der Waals surface area contributed by atoms with Crippen LogP contribution in [0.1, 0.15) is 12.5 Å². The SMILES string of the molecule is CC1CN(C(=O)C=Cc2cccnc2)CCN1. The second-order valence-corrected chi connectivity index (χ2v) is 4.26. The highest BCUT2D eigenvalue weighted by molar-refractivity contribution is 5.91. The molecule has 1 N–H and O–H groups in total. The minimum absolute atomic E-state index is 0.0715. The first-order chi connectivity index (χ1) is 8.25. The Kier molecular flexibility index (Phi) is 3.88. The number of carbonyl (C=O) groups is 1. The summed E-state index contributed by atoms with van der Waals surface area (Å²) >= 11 is 0. The van der Waals surface area contributed by atoms with Crippen molar-refractivity contribution in [3.05, 3.63) is 36.2 Å². The lowest BCUT2D eigenvalue weighted by Crippen LogP contribution is -2.50. The van der Waals surface area contributed by atoms with Gasteiger partial charge in [-0.1, -0.05) is 6.07 Å². The van der Waals surface area contributed by atoms with E-state index < -0.39 is 0 Å². The quantitative estimate of drug-likeness (QED) is 0.770. The molecule has 1 aliphatic rings. The van der Waals surface area contributed by atoms with Gasteiger partial charge in [0.2, 0.25) is 5.91 Å². The van der Waals surface area contributed by atoms with Gasteiger partial charge in [0.15, 0.2) is 0 Å². The van der Waals surface area contributed by atoms with Crippen molar-refractivity contribution < 1.29 is 4.79 Å². The van der Waals surface area contributed by atoms with Crippen molar-refractivity contribution in [3.8, 4) is 0 Å². The minimum Gasteiger partial charge on any atom is -0.336 e. The molecule has 1 aromatic heterocycles. The van der Waals surface area contributed by atoms with Crippen molar-refractivity contribution in [3.63, 3.8) is 0 Å². The summed E-state index contributed by atoms with van der Waals surface area (Å²) in [5, 5.41) is 3.31. The highest BCUT2D eigenvalue weighted by Gasteiger charge is 2.18. The monoisotopic (exact) mass is 231 g/mol. The van der Waals surface area contributed by atoms with Gasteiger partial charge in [-0.3, -0.25) is 9.78 Å². The van der Waals surface area contributed by atoms with Crippen molar-refractivity contribution >= 4 is 12.0 Å². The minimum atomic E-state index is 0.0715. The van der Waals surface area contributed by atoms with Crippen molar-refractivity contribution in [2.75, 3.05) is 19.6 Å². The summed E-state index contributed by atoms with van der Waals surface area (Å²) in [5.41, 5.74) is 0.948. The van der Waals surface area contributed by atoms with E-state index in [1.54, 1.807) is 18.5 Å². The molecule has 17 heavy (non-hydrogen) atoms. The third-order valence-corrected chi connectivity index (χ3v) is 2.78. The first-order valence-corrected chi connectivity index (χ1v) is 5.86. The van der Waals surface area contributed by atoms with Gasteiger partial charge in [0.25, 0.3) is 0 Å².